The fourth-order valence-electron chi connectivity index (χ4n) is 2.66. The molecule has 2 heterocycles. The number of hydrogen-bond donors (Lipinski definition) is 0. The summed E-state index contributed by atoms with van der Waals surface area (Å²) in [5.74, 6) is 0.923. The molecule has 1 unspecified atom stereocenters. The van der Waals surface area contributed by atoms with Gasteiger partial charge in [0.15, 0.2) is 0 Å². The first-order chi connectivity index (χ1) is 6.61. The third-order valence-corrected chi connectivity index (χ3v) is 3.95. The summed E-state index contributed by atoms with van der Waals surface area (Å²) >= 11 is 0. The summed E-state index contributed by atoms with van der Waals surface area (Å²) in [7, 11) is 1.95. The Balaban J connectivity index is 2.22. The molecular formula is C11H20N2O. The second kappa shape index (κ2) is 3.54. The fraction of sp³-hybridized carbons (Fsp3) is 0.909. The molecule has 80 valence electrons. The minimum absolute atomic E-state index is 0.187. The summed E-state index contributed by atoms with van der Waals surface area (Å²) in [6.07, 6.45) is 2.24. The van der Waals surface area contributed by atoms with E-state index >= 15 is 0 Å². The van der Waals surface area contributed by atoms with Crippen LogP contribution in [0.1, 0.15) is 26.7 Å². The highest BCUT2D eigenvalue weighted by atomic mass is 16.2. The van der Waals surface area contributed by atoms with E-state index in [0.29, 0.717) is 17.9 Å². The summed E-state index contributed by atoms with van der Waals surface area (Å²) in [6.45, 7) is 6.60. The second-order valence-electron chi connectivity index (χ2n) is 4.82. The van der Waals surface area contributed by atoms with Crippen LogP contribution in [0.5, 0.6) is 0 Å². The van der Waals surface area contributed by atoms with Gasteiger partial charge in [-0.25, -0.2) is 0 Å². The largest absolute Gasteiger partial charge is 0.341 e. The van der Waals surface area contributed by atoms with Gasteiger partial charge in [0.25, 0.3) is 0 Å². The van der Waals surface area contributed by atoms with Gasteiger partial charge in [0.05, 0.1) is 6.04 Å². The van der Waals surface area contributed by atoms with Crippen LogP contribution in [0.15, 0.2) is 0 Å². The van der Waals surface area contributed by atoms with E-state index in [-0.39, 0.29) is 6.04 Å². The minimum atomic E-state index is 0.187. The molecule has 3 nitrogen and oxygen atoms in total. The van der Waals surface area contributed by atoms with Crippen LogP contribution in [0.3, 0.4) is 0 Å². The average Bonchev–Trinajstić information content (AvgIpc) is 2.59. The van der Waals surface area contributed by atoms with E-state index in [1.165, 1.54) is 6.42 Å². The number of carbonyl (C=O) groups is 1. The Morgan fingerprint density at radius 3 is 2.79 bits per heavy atom. The van der Waals surface area contributed by atoms with Crippen molar-refractivity contribution in [2.75, 3.05) is 20.1 Å². The van der Waals surface area contributed by atoms with E-state index in [1.54, 1.807) is 0 Å². The summed E-state index contributed by atoms with van der Waals surface area (Å²) < 4.78 is 0. The first-order valence-corrected chi connectivity index (χ1v) is 5.62. The SMILES string of the molecule is C[C@H]1CN2CCCC2C(=O)N(C)[C@H]1C. The zero-order valence-corrected chi connectivity index (χ0v) is 9.36. The van der Waals surface area contributed by atoms with Crippen LogP contribution in [-0.2, 0) is 4.79 Å². The van der Waals surface area contributed by atoms with Gasteiger partial charge < -0.3 is 4.90 Å². The van der Waals surface area contributed by atoms with Gasteiger partial charge in [0, 0.05) is 19.6 Å². The highest BCUT2D eigenvalue weighted by Gasteiger charge is 2.39. The molecule has 1 amide bonds. The monoisotopic (exact) mass is 196 g/mol. The van der Waals surface area contributed by atoms with Gasteiger partial charge in [-0.1, -0.05) is 6.92 Å². The molecule has 0 bridgehead atoms. The number of rotatable bonds is 0. The van der Waals surface area contributed by atoms with E-state index in [9.17, 15) is 4.79 Å². The van der Waals surface area contributed by atoms with Crippen LogP contribution in [0.4, 0.5) is 0 Å². The zero-order chi connectivity index (χ0) is 10.3. The summed E-state index contributed by atoms with van der Waals surface area (Å²) in [5.41, 5.74) is 0. The lowest BCUT2D eigenvalue weighted by molar-refractivity contribution is -0.134. The number of amides is 1. The van der Waals surface area contributed by atoms with Gasteiger partial charge in [-0.3, -0.25) is 9.69 Å². The number of nitrogens with zero attached hydrogens (tertiary/aromatic N) is 2. The molecule has 14 heavy (non-hydrogen) atoms. The van der Waals surface area contributed by atoms with Gasteiger partial charge in [0.1, 0.15) is 0 Å². The van der Waals surface area contributed by atoms with Gasteiger partial charge >= 0.3 is 0 Å². The molecule has 0 N–H and O–H groups in total. The van der Waals surface area contributed by atoms with Crippen molar-refractivity contribution >= 4 is 5.91 Å². The molecule has 0 aromatic rings. The van der Waals surface area contributed by atoms with E-state index in [1.807, 2.05) is 11.9 Å². The zero-order valence-electron chi connectivity index (χ0n) is 9.36. The molecule has 2 rings (SSSR count). The van der Waals surface area contributed by atoms with Gasteiger partial charge in [-0.05, 0) is 32.2 Å². The summed E-state index contributed by atoms with van der Waals surface area (Å²) in [4.78, 5) is 16.4. The fourth-order valence-corrected chi connectivity index (χ4v) is 2.66. The van der Waals surface area contributed by atoms with Gasteiger partial charge in [-0.2, -0.15) is 0 Å². The van der Waals surface area contributed by atoms with Crippen LogP contribution in [0, 0.1) is 5.92 Å². The van der Waals surface area contributed by atoms with Crippen molar-refractivity contribution in [3.8, 4) is 0 Å². The maximum absolute atomic E-state index is 12.1. The third kappa shape index (κ3) is 1.44. The van der Waals surface area contributed by atoms with Gasteiger partial charge in [-0.15, -0.1) is 0 Å². The lowest BCUT2D eigenvalue weighted by Crippen LogP contribution is -2.43. The van der Waals surface area contributed by atoms with Crippen molar-refractivity contribution in [3.63, 3.8) is 0 Å². The van der Waals surface area contributed by atoms with Crippen molar-refractivity contribution < 1.29 is 4.79 Å². The Morgan fingerprint density at radius 1 is 1.36 bits per heavy atom. The summed E-state index contributed by atoms with van der Waals surface area (Å²) in [6, 6.07) is 0.570. The highest BCUT2D eigenvalue weighted by molar-refractivity contribution is 5.82. The van der Waals surface area contributed by atoms with Crippen molar-refractivity contribution in [1.29, 1.82) is 0 Å². The molecule has 2 fully saturated rings. The van der Waals surface area contributed by atoms with Crippen molar-refractivity contribution in [2.24, 2.45) is 5.92 Å². The standard InChI is InChI=1S/C11H20N2O/c1-8-7-13-6-4-5-10(13)11(14)12(3)9(8)2/h8-10H,4-7H2,1-3H3/t8-,9-,10?/m0/s1. The molecule has 3 atom stereocenters. The van der Waals surface area contributed by atoms with E-state index in [0.717, 1.165) is 19.5 Å². The van der Waals surface area contributed by atoms with Crippen LogP contribution in [-0.4, -0.2) is 47.9 Å². The van der Waals surface area contributed by atoms with Crippen LogP contribution in [0.2, 0.25) is 0 Å². The van der Waals surface area contributed by atoms with E-state index in [2.05, 4.69) is 18.7 Å². The Morgan fingerprint density at radius 2 is 2.07 bits per heavy atom. The van der Waals surface area contributed by atoms with Crippen LogP contribution >= 0.6 is 0 Å². The smallest absolute Gasteiger partial charge is 0.239 e. The molecule has 0 aliphatic carbocycles. The Kier molecular flexibility index (Phi) is 2.52. The predicted molar refractivity (Wildman–Crippen MR) is 56.0 cm³/mol. The number of likely N-dealkylation sites (N-methyl/N-ethyl adjacent to an activating group) is 1. The van der Waals surface area contributed by atoms with Gasteiger partial charge in [0.2, 0.25) is 5.91 Å². The van der Waals surface area contributed by atoms with Crippen molar-refractivity contribution in [2.45, 2.75) is 38.8 Å². The molecule has 3 heteroatoms. The van der Waals surface area contributed by atoms with Crippen LogP contribution in [0.25, 0.3) is 0 Å². The molecule has 0 aromatic heterocycles. The van der Waals surface area contributed by atoms with E-state index < -0.39 is 0 Å². The number of hydrogen-bond acceptors (Lipinski definition) is 2. The van der Waals surface area contributed by atoms with Crippen LogP contribution < -0.4 is 0 Å². The van der Waals surface area contributed by atoms with E-state index in [4.69, 9.17) is 0 Å². The maximum atomic E-state index is 12.1. The molecule has 2 aliphatic rings. The molecule has 0 aromatic carbocycles. The summed E-state index contributed by atoms with van der Waals surface area (Å²) in [5, 5.41) is 0. The first kappa shape index (κ1) is 9.97. The molecule has 0 radical (unpaired) electrons. The molecular weight excluding hydrogens is 176 g/mol. The topological polar surface area (TPSA) is 23.6 Å². The lowest BCUT2D eigenvalue weighted by atomic mass is 10.0. The first-order valence-electron chi connectivity index (χ1n) is 5.62. The quantitative estimate of drug-likeness (QED) is 0.576. The minimum Gasteiger partial charge on any atom is -0.341 e. The lowest BCUT2D eigenvalue weighted by Gasteiger charge is -2.27. The molecule has 0 saturated carbocycles. The predicted octanol–water partition coefficient (Wildman–Crippen LogP) is 0.947. The van der Waals surface area contributed by atoms with Crippen molar-refractivity contribution in [1.82, 2.24) is 9.80 Å². The number of carbonyl (C=O) groups excluding carboxylic acids is 1. The Bertz CT molecular complexity index is 241. The molecule has 2 saturated heterocycles. The highest BCUT2D eigenvalue weighted by Crippen LogP contribution is 2.26. The second-order valence-corrected chi connectivity index (χ2v) is 4.82. The number of fused-ring (bicyclic) bond motifs is 1. The Labute approximate surface area is 86.1 Å². The average molecular weight is 196 g/mol. The third-order valence-electron chi connectivity index (χ3n) is 3.95. The normalized spacial score (nSPS) is 39.8. The molecule has 0 spiro atoms. The Hall–Kier alpha value is -0.570. The van der Waals surface area contributed by atoms with Crippen molar-refractivity contribution in [3.05, 3.63) is 0 Å². The molecule has 2 aliphatic heterocycles. The maximum Gasteiger partial charge on any atom is 0.239 e.